The highest BCUT2D eigenvalue weighted by atomic mass is 15.0. The summed E-state index contributed by atoms with van der Waals surface area (Å²) in [7, 11) is 0. The van der Waals surface area contributed by atoms with Crippen LogP contribution in [0.15, 0.2) is 164 Å². The molecular weight excluding hydrogens is 667 g/mol. The van der Waals surface area contributed by atoms with Crippen molar-refractivity contribution in [2.75, 3.05) is 0 Å². The Morgan fingerprint density at radius 1 is 0.382 bits per heavy atom. The Labute approximate surface area is 321 Å². The Hall–Kier alpha value is -6.58. The van der Waals surface area contributed by atoms with Crippen molar-refractivity contribution in [2.45, 2.75) is 38.5 Å². The summed E-state index contributed by atoms with van der Waals surface area (Å²) in [5.41, 5.74) is 18.9. The highest BCUT2D eigenvalue weighted by molar-refractivity contribution is 6.09. The molecule has 2 aromatic heterocycles. The molecule has 0 saturated carbocycles. The number of aromatic nitrogens is 3. The Bertz CT molecular complexity index is 2850. The fraction of sp³-hybridized carbons (Fsp3) is 0.115. The third-order valence-corrected chi connectivity index (χ3v) is 12.4. The summed E-state index contributed by atoms with van der Waals surface area (Å²) >= 11 is 0. The predicted octanol–water partition coefficient (Wildman–Crippen LogP) is 13.2. The molecule has 0 unspecified atom stereocenters. The van der Waals surface area contributed by atoms with Crippen molar-refractivity contribution in [1.82, 2.24) is 14.5 Å². The molecule has 3 heteroatoms. The molecule has 7 aromatic carbocycles. The predicted molar refractivity (Wildman–Crippen MR) is 228 cm³/mol. The minimum absolute atomic E-state index is 0.107. The second-order valence-electron chi connectivity index (χ2n) is 16.2. The van der Waals surface area contributed by atoms with E-state index in [2.05, 4.69) is 196 Å². The number of benzene rings is 7. The van der Waals surface area contributed by atoms with Gasteiger partial charge in [-0.3, -0.25) is 0 Å². The standard InChI is InChI=1S/C52H39N3/c1-51(2)42-17-9-5-13-36(42)38-27-23-33(29-44(38)51)47-31-46(53-50(54-47)34-24-28-39-37-14-6-10-18-43(37)52(3,4)45(39)30-34)32-21-25-35(26-22-32)55-48-19-11-7-15-40(48)41-16-8-12-20-49(41)55/h5-31H,1-4H3. The summed E-state index contributed by atoms with van der Waals surface area (Å²) < 4.78 is 2.36. The van der Waals surface area contributed by atoms with Crippen LogP contribution in [-0.2, 0) is 10.8 Å². The summed E-state index contributed by atoms with van der Waals surface area (Å²) in [5, 5.41) is 2.52. The molecule has 0 aliphatic heterocycles. The Morgan fingerprint density at radius 3 is 1.40 bits per heavy atom. The van der Waals surface area contributed by atoms with Crippen LogP contribution < -0.4 is 0 Å². The van der Waals surface area contributed by atoms with E-state index in [4.69, 9.17) is 9.97 Å². The van der Waals surface area contributed by atoms with E-state index in [1.54, 1.807) is 0 Å². The zero-order valence-electron chi connectivity index (χ0n) is 31.4. The van der Waals surface area contributed by atoms with Crippen molar-refractivity contribution in [3.8, 4) is 61.8 Å². The zero-order valence-corrected chi connectivity index (χ0v) is 31.4. The van der Waals surface area contributed by atoms with E-state index < -0.39 is 0 Å². The number of rotatable bonds is 4. The van der Waals surface area contributed by atoms with Crippen molar-refractivity contribution in [1.29, 1.82) is 0 Å². The summed E-state index contributed by atoms with van der Waals surface area (Å²) in [6.45, 7) is 9.32. The van der Waals surface area contributed by atoms with Gasteiger partial charge in [-0.1, -0.05) is 149 Å². The average Bonchev–Trinajstić information content (AvgIpc) is 3.77. The first-order chi connectivity index (χ1) is 26.8. The molecule has 0 spiro atoms. The number of fused-ring (bicyclic) bond motifs is 9. The molecule has 0 amide bonds. The fourth-order valence-electron chi connectivity index (χ4n) is 9.56. The summed E-state index contributed by atoms with van der Waals surface area (Å²) in [5.74, 6) is 0.733. The molecule has 0 bridgehead atoms. The van der Waals surface area contributed by atoms with E-state index in [9.17, 15) is 0 Å². The van der Waals surface area contributed by atoms with Gasteiger partial charge in [-0.15, -0.1) is 0 Å². The number of hydrogen-bond acceptors (Lipinski definition) is 2. The van der Waals surface area contributed by atoms with Gasteiger partial charge in [-0.2, -0.15) is 0 Å². The molecule has 0 atom stereocenters. The molecule has 2 aliphatic carbocycles. The summed E-state index contributed by atoms with van der Waals surface area (Å²) in [6, 6.07) is 59.6. The smallest absolute Gasteiger partial charge is 0.160 e. The molecule has 3 nitrogen and oxygen atoms in total. The number of para-hydroxylation sites is 2. The molecule has 2 heterocycles. The van der Waals surface area contributed by atoms with Gasteiger partial charge >= 0.3 is 0 Å². The number of hydrogen-bond donors (Lipinski definition) is 0. The van der Waals surface area contributed by atoms with Crippen LogP contribution in [0, 0.1) is 0 Å². The van der Waals surface area contributed by atoms with Crippen LogP contribution in [0.5, 0.6) is 0 Å². The van der Waals surface area contributed by atoms with E-state index >= 15 is 0 Å². The monoisotopic (exact) mass is 705 g/mol. The van der Waals surface area contributed by atoms with Crippen molar-refractivity contribution >= 4 is 21.8 Å². The summed E-state index contributed by atoms with van der Waals surface area (Å²) in [4.78, 5) is 10.7. The summed E-state index contributed by atoms with van der Waals surface area (Å²) in [6.07, 6.45) is 0. The van der Waals surface area contributed by atoms with E-state index in [1.807, 2.05) is 0 Å². The zero-order chi connectivity index (χ0) is 37.1. The van der Waals surface area contributed by atoms with Crippen LogP contribution in [0.1, 0.15) is 49.9 Å². The molecule has 0 N–H and O–H groups in total. The van der Waals surface area contributed by atoms with Crippen LogP contribution in [0.25, 0.3) is 83.6 Å². The third-order valence-electron chi connectivity index (χ3n) is 12.4. The Morgan fingerprint density at radius 2 is 0.818 bits per heavy atom. The lowest BCUT2D eigenvalue weighted by Gasteiger charge is -2.22. The Balaban J connectivity index is 1.07. The van der Waals surface area contributed by atoms with E-state index in [0.717, 1.165) is 39.6 Å². The van der Waals surface area contributed by atoms with Crippen molar-refractivity contribution < 1.29 is 0 Å². The minimum atomic E-state index is -0.119. The van der Waals surface area contributed by atoms with Crippen LogP contribution in [-0.4, -0.2) is 14.5 Å². The number of nitrogens with zero attached hydrogens (tertiary/aromatic N) is 3. The van der Waals surface area contributed by atoms with Gasteiger partial charge in [0.15, 0.2) is 5.82 Å². The van der Waals surface area contributed by atoms with E-state index in [1.165, 1.54) is 66.3 Å². The van der Waals surface area contributed by atoms with Gasteiger partial charge in [0.25, 0.3) is 0 Å². The van der Waals surface area contributed by atoms with Gasteiger partial charge in [-0.25, -0.2) is 9.97 Å². The second kappa shape index (κ2) is 11.5. The molecule has 9 aromatic rings. The quantitative estimate of drug-likeness (QED) is 0.182. The highest BCUT2D eigenvalue weighted by Gasteiger charge is 2.37. The van der Waals surface area contributed by atoms with Crippen LogP contribution in [0.4, 0.5) is 0 Å². The molecule has 2 aliphatic rings. The van der Waals surface area contributed by atoms with Crippen molar-refractivity contribution in [3.63, 3.8) is 0 Å². The van der Waals surface area contributed by atoms with Gasteiger partial charge in [0.2, 0.25) is 0 Å². The largest absolute Gasteiger partial charge is 0.309 e. The molecule has 55 heavy (non-hydrogen) atoms. The third kappa shape index (κ3) is 4.63. The molecule has 0 fully saturated rings. The highest BCUT2D eigenvalue weighted by Crippen LogP contribution is 2.51. The fourth-order valence-corrected chi connectivity index (χ4v) is 9.56. The SMILES string of the molecule is CC1(C)c2ccccc2-c2ccc(-c3cc(-c4ccc(-n5c6ccccc6c6ccccc65)cc4)nc(-c4ccc5c(c4)C(C)(C)c4ccccc4-5)n3)cc21. The van der Waals surface area contributed by atoms with Crippen molar-refractivity contribution in [3.05, 3.63) is 186 Å². The van der Waals surface area contributed by atoms with Crippen molar-refractivity contribution in [2.24, 2.45) is 0 Å². The van der Waals surface area contributed by atoms with E-state index in [-0.39, 0.29) is 10.8 Å². The molecule has 262 valence electrons. The maximum atomic E-state index is 5.36. The molecule has 0 saturated heterocycles. The first-order valence-electron chi connectivity index (χ1n) is 19.2. The first kappa shape index (κ1) is 31.9. The van der Waals surface area contributed by atoms with Gasteiger partial charge < -0.3 is 4.57 Å². The second-order valence-corrected chi connectivity index (χ2v) is 16.2. The van der Waals surface area contributed by atoms with Gasteiger partial charge in [-0.05, 0) is 87.0 Å². The average molecular weight is 706 g/mol. The lowest BCUT2D eigenvalue weighted by molar-refractivity contribution is 0.660. The van der Waals surface area contributed by atoms with Gasteiger partial charge in [0.1, 0.15) is 0 Å². The lowest BCUT2D eigenvalue weighted by Crippen LogP contribution is -2.15. The molecule has 0 radical (unpaired) electrons. The maximum Gasteiger partial charge on any atom is 0.160 e. The first-order valence-corrected chi connectivity index (χ1v) is 19.2. The normalized spacial score (nSPS) is 14.5. The van der Waals surface area contributed by atoms with Crippen LogP contribution >= 0.6 is 0 Å². The topological polar surface area (TPSA) is 30.7 Å². The van der Waals surface area contributed by atoms with Crippen LogP contribution in [0.2, 0.25) is 0 Å². The molecule has 11 rings (SSSR count). The minimum Gasteiger partial charge on any atom is -0.309 e. The van der Waals surface area contributed by atoms with Crippen LogP contribution in [0.3, 0.4) is 0 Å². The molecular formula is C52H39N3. The van der Waals surface area contributed by atoms with Gasteiger partial charge in [0, 0.05) is 44.0 Å². The lowest BCUT2D eigenvalue weighted by atomic mass is 9.82. The Kier molecular flexibility index (Phi) is 6.65. The van der Waals surface area contributed by atoms with E-state index in [0.29, 0.717) is 0 Å². The maximum absolute atomic E-state index is 5.36. The van der Waals surface area contributed by atoms with Gasteiger partial charge in [0.05, 0.1) is 22.4 Å².